The fourth-order valence-electron chi connectivity index (χ4n) is 1.18. The van der Waals surface area contributed by atoms with E-state index in [1.807, 2.05) is 38.1 Å². The molecule has 0 bridgehead atoms. The predicted octanol–water partition coefficient (Wildman–Crippen LogP) is 4.49. The zero-order valence-corrected chi connectivity index (χ0v) is 11.4. The second kappa shape index (κ2) is 5.57. The van der Waals surface area contributed by atoms with Gasteiger partial charge in [0.25, 0.3) is 0 Å². The summed E-state index contributed by atoms with van der Waals surface area (Å²) in [6, 6.07) is 5.90. The molecule has 1 rings (SSSR count). The van der Waals surface area contributed by atoms with E-state index in [-0.39, 0.29) is 5.38 Å². The van der Waals surface area contributed by atoms with Gasteiger partial charge >= 0.3 is 0 Å². The molecule has 0 radical (unpaired) electrons. The third-order valence-corrected chi connectivity index (χ3v) is 3.04. The lowest BCUT2D eigenvalue weighted by molar-refractivity contribution is 0.413. The molecule has 0 aliphatic rings. The molecule has 0 heterocycles. The maximum Gasteiger partial charge on any atom is 0.126 e. The summed E-state index contributed by atoms with van der Waals surface area (Å²) in [6.07, 6.45) is 2.04. The molecular formula is C12H14BrClO. The lowest BCUT2D eigenvalue weighted by atomic mass is 10.1. The maximum absolute atomic E-state index is 5.99. The van der Waals surface area contributed by atoms with Gasteiger partial charge in [0, 0.05) is 10.0 Å². The van der Waals surface area contributed by atoms with Crippen LogP contribution in [0.2, 0.25) is 0 Å². The van der Waals surface area contributed by atoms with E-state index in [0.717, 1.165) is 21.4 Å². The zero-order chi connectivity index (χ0) is 11.4. The highest BCUT2D eigenvalue weighted by Crippen LogP contribution is 2.26. The van der Waals surface area contributed by atoms with E-state index < -0.39 is 0 Å². The first-order valence-electron chi connectivity index (χ1n) is 4.70. The smallest absolute Gasteiger partial charge is 0.126 e. The predicted molar refractivity (Wildman–Crippen MR) is 69.7 cm³/mol. The van der Waals surface area contributed by atoms with E-state index >= 15 is 0 Å². The number of hydrogen-bond donors (Lipinski definition) is 0. The van der Waals surface area contributed by atoms with Gasteiger partial charge in [-0.1, -0.05) is 27.6 Å². The van der Waals surface area contributed by atoms with Crippen LogP contribution in [-0.4, -0.2) is 12.5 Å². The Morgan fingerprint density at radius 1 is 1.53 bits per heavy atom. The van der Waals surface area contributed by atoms with E-state index in [1.54, 1.807) is 7.11 Å². The van der Waals surface area contributed by atoms with Crippen molar-refractivity contribution in [3.05, 3.63) is 33.8 Å². The van der Waals surface area contributed by atoms with Gasteiger partial charge in [-0.3, -0.25) is 0 Å². The SMILES string of the molecule is COc1ccc(Br)cc1/C=C(/C)C(C)Cl. The van der Waals surface area contributed by atoms with Crippen LogP contribution in [0.4, 0.5) is 0 Å². The summed E-state index contributed by atoms with van der Waals surface area (Å²) in [5, 5.41) is 0.0358. The molecule has 0 aromatic heterocycles. The first-order valence-corrected chi connectivity index (χ1v) is 5.93. The van der Waals surface area contributed by atoms with Crippen LogP contribution in [-0.2, 0) is 0 Å². The highest BCUT2D eigenvalue weighted by molar-refractivity contribution is 9.10. The standard InChI is InChI=1S/C12H14BrClO/c1-8(9(2)14)6-10-7-11(13)4-5-12(10)15-3/h4-7,9H,1-3H3/b8-6-. The van der Waals surface area contributed by atoms with E-state index in [9.17, 15) is 0 Å². The molecule has 0 aliphatic carbocycles. The van der Waals surface area contributed by atoms with Gasteiger partial charge in [-0.05, 0) is 32.0 Å². The molecule has 0 saturated carbocycles. The monoisotopic (exact) mass is 288 g/mol. The Kier molecular flexibility index (Phi) is 4.68. The van der Waals surface area contributed by atoms with E-state index in [1.165, 1.54) is 0 Å². The molecule has 15 heavy (non-hydrogen) atoms. The quantitative estimate of drug-likeness (QED) is 0.745. The summed E-state index contributed by atoms with van der Waals surface area (Å²) in [5.41, 5.74) is 2.16. The summed E-state index contributed by atoms with van der Waals surface area (Å²) >= 11 is 9.43. The molecular weight excluding hydrogens is 275 g/mol. The molecule has 1 nitrogen and oxygen atoms in total. The summed E-state index contributed by atoms with van der Waals surface area (Å²) < 4.78 is 6.30. The van der Waals surface area contributed by atoms with Gasteiger partial charge in [0.2, 0.25) is 0 Å². The normalized spacial score (nSPS) is 13.8. The third-order valence-electron chi connectivity index (χ3n) is 2.20. The molecule has 0 amide bonds. The van der Waals surface area contributed by atoms with Gasteiger partial charge in [0.1, 0.15) is 5.75 Å². The van der Waals surface area contributed by atoms with Crippen molar-refractivity contribution < 1.29 is 4.74 Å². The zero-order valence-electron chi connectivity index (χ0n) is 9.05. The number of hydrogen-bond acceptors (Lipinski definition) is 1. The second-order valence-corrected chi connectivity index (χ2v) is 4.96. The highest BCUT2D eigenvalue weighted by atomic mass is 79.9. The van der Waals surface area contributed by atoms with Crippen LogP contribution in [0.25, 0.3) is 6.08 Å². The topological polar surface area (TPSA) is 9.23 Å². The fraction of sp³-hybridized carbons (Fsp3) is 0.333. The van der Waals surface area contributed by atoms with Crippen LogP contribution in [0.15, 0.2) is 28.2 Å². The molecule has 0 saturated heterocycles. The molecule has 0 fully saturated rings. The van der Waals surface area contributed by atoms with Crippen molar-refractivity contribution in [1.29, 1.82) is 0 Å². The minimum Gasteiger partial charge on any atom is -0.496 e. The van der Waals surface area contributed by atoms with Gasteiger partial charge < -0.3 is 4.74 Å². The Balaban J connectivity index is 3.12. The van der Waals surface area contributed by atoms with Gasteiger partial charge in [0.05, 0.1) is 12.5 Å². The molecule has 1 aromatic carbocycles. The minimum atomic E-state index is 0.0358. The van der Waals surface area contributed by atoms with Crippen molar-refractivity contribution >= 4 is 33.6 Å². The van der Waals surface area contributed by atoms with Crippen molar-refractivity contribution in [3.63, 3.8) is 0 Å². The van der Waals surface area contributed by atoms with Crippen LogP contribution in [0, 0.1) is 0 Å². The maximum atomic E-state index is 5.99. The Bertz CT molecular complexity index is 372. The summed E-state index contributed by atoms with van der Waals surface area (Å²) in [7, 11) is 1.67. The Labute approximate surface area is 104 Å². The van der Waals surface area contributed by atoms with Crippen LogP contribution in [0.1, 0.15) is 19.4 Å². The number of allylic oxidation sites excluding steroid dienone is 1. The van der Waals surface area contributed by atoms with Crippen molar-refractivity contribution in [1.82, 2.24) is 0 Å². The van der Waals surface area contributed by atoms with Gasteiger partial charge in [-0.15, -0.1) is 11.6 Å². The van der Waals surface area contributed by atoms with Crippen molar-refractivity contribution in [2.24, 2.45) is 0 Å². The fourth-order valence-corrected chi connectivity index (χ4v) is 1.62. The summed E-state index contributed by atoms with van der Waals surface area (Å²) in [5.74, 6) is 0.856. The lowest BCUT2D eigenvalue weighted by Crippen LogP contribution is -1.93. The van der Waals surface area contributed by atoms with Crippen LogP contribution >= 0.6 is 27.5 Å². The molecule has 82 valence electrons. The number of ether oxygens (including phenoxy) is 1. The first kappa shape index (κ1) is 12.6. The molecule has 0 aliphatic heterocycles. The number of halogens is 2. The number of rotatable bonds is 3. The Hall–Kier alpha value is -0.470. The number of methoxy groups -OCH3 is 1. The van der Waals surface area contributed by atoms with E-state index in [0.29, 0.717) is 0 Å². The van der Waals surface area contributed by atoms with E-state index in [2.05, 4.69) is 15.9 Å². The molecule has 0 N–H and O–H groups in total. The van der Waals surface area contributed by atoms with Crippen LogP contribution in [0.3, 0.4) is 0 Å². The molecule has 0 spiro atoms. The van der Waals surface area contributed by atoms with Gasteiger partial charge in [0.15, 0.2) is 0 Å². The molecule has 1 atom stereocenters. The average molecular weight is 290 g/mol. The minimum absolute atomic E-state index is 0.0358. The van der Waals surface area contributed by atoms with E-state index in [4.69, 9.17) is 16.3 Å². The largest absolute Gasteiger partial charge is 0.496 e. The Morgan fingerprint density at radius 3 is 2.73 bits per heavy atom. The summed E-state index contributed by atoms with van der Waals surface area (Å²) in [6.45, 7) is 3.97. The van der Waals surface area contributed by atoms with Gasteiger partial charge in [-0.25, -0.2) is 0 Å². The summed E-state index contributed by atoms with van der Waals surface area (Å²) in [4.78, 5) is 0. The Morgan fingerprint density at radius 2 is 2.20 bits per heavy atom. The van der Waals surface area contributed by atoms with Crippen LogP contribution in [0.5, 0.6) is 5.75 Å². The molecule has 1 aromatic rings. The van der Waals surface area contributed by atoms with Gasteiger partial charge in [-0.2, -0.15) is 0 Å². The lowest BCUT2D eigenvalue weighted by Gasteiger charge is -2.08. The molecule has 3 heteroatoms. The first-order chi connectivity index (χ1) is 7.04. The number of alkyl halides is 1. The average Bonchev–Trinajstić information content (AvgIpc) is 2.18. The second-order valence-electron chi connectivity index (χ2n) is 3.39. The van der Waals surface area contributed by atoms with Crippen molar-refractivity contribution in [2.75, 3.05) is 7.11 Å². The number of benzene rings is 1. The van der Waals surface area contributed by atoms with Crippen molar-refractivity contribution in [3.8, 4) is 5.75 Å². The van der Waals surface area contributed by atoms with Crippen molar-refractivity contribution in [2.45, 2.75) is 19.2 Å². The highest BCUT2D eigenvalue weighted by Gasteiger charge is 2.04. The van der Waals surface area contributed by atoms with Crippen LogP contribution < -0.4 is 4.74 Å². The third kappa shape index (κ3) is 3.54. The molecule has 1 unspecified atom stereocenters.